The average Bonchev–Trinajstić information content (AvgIpc) is 2.98. The Morgan fingerprint density at radius 2 is 2.00 bits per heavy atom. The van der Waals surface area contributed by atoms with Gasteiger partial charge in [0.1, 0.15) is 11.8 Å². The monoisotopic (exact) mass is 317 g/mol. The molecule has 0 bridgehead atoms. The molecule has 7 nitrogen and oxygen atoms in total. The molecule has 2 rings (SSSR count). The summed E-state index contributed by atoms with van der Waals surface area (Å²) in [5.74, 6) is -0.803. The molecule has 7 heteroatoms. The SMILES string of the molecule is CCc1c(C(=O)N[C@@H](C)C(=O)O)cnn1-c1ccc(OC)cc1. The molecule has 2 N–H and O–H groups in total. The number of carbonyl (C=O) groups excluding carboxylic acids is 1. The molecule has 0 saturated heterocycles. The third-order valence-electron chi connectivity index (χ3n) is 3.48. The number of carboxylic acid groups (broad SMARTS) is 1. The van der Waals surface area contributed by atoms with Crippen molar-refractivity contribution in [2.75, 3.05) is 7.11 Å². The number of nitrogens with one attached hydrogen (secondary N) is 1. The first-order chi connectivity index (χ1) is 11.0. The van der Waals surface area contributed by atoms with E-state index in [9.17, 15) is 9.59 Å². The zero-order chi connectivity index (χ0) is 17.0. The summed E-state index contributed by atoms with van der Waals surface area (Å²) in [4.78, 5) is 23.1. The van der Waals surface area contributed by atoms with Gasteiger partial charge in [0.05, 0.1) is 30.3 Å². The topological polar surface area (TPSA) is 93.5 Å². The number of amides is 1. The maximum absolute atomic E-state index is 12.2. The molecule has 1 amide bonds. The molecule has 0 unspecified atom stereocenters. The highest BCUT2D eigenvalue weighted by atomic mass is 16.5. The largest absolute Gasteiger partial charge is 0.497 e. The molecule has 1 aromatic heterocycles. The first-order valence-corrected chi connectivity index (χ1v) is 7.23. The van der Waals surface area contributed by atoms with Gasteiger partial charge in [-0.3, -0.25) is 9.59 Å². The first-order valence-electron chi connectivity index (χ1n) is 7.23. The van der Waals surface area contributed by atoms with E-state index in [0.29, 0.717) is 17.7 Å². The van der Waals surface area contributed by atoms with Crippen LogP contribution in [0.2, 0.25) is 0 Å². The van der Waals surface area contributed by atoms with Crippen molar-refractivity contribution >= 4 is 11.9 Å². The van der Waals surface area contributed by atoms with Crippen molar-refractivity contribution < 1.29 is 19.4 Å². The Labute approximate surface area is 133 Å². The maximum atomic E-state index is 12.2. The predicted octanol–water partition coefficient (Wildman–Crippen LogP) is 1.65. The van der Waals surface area contributed by atoms with Crippen molar-refractivity contribution in [3.8, 4) is 11.4 Å². The molecule has 1 atom stereocenters. The highest BCUT2D eigenvalue weighted by molar-refractivity contribution is 5.97. The van der Waals surface area contributed by atoms with E-state index in [2.05, 4.69) is 10.4 Å². The zero-order valence-corrected chi connectivity index (χ0v) is 13.2. The third-order valence-corrected chi connectivity index (χ3v) is 3.48. The Kier molecular flexibility index (Phi) is 5.00. The summed E-state index contributed by atoms with van der Waals surface area (Å²) in [7, 11) is 1.59. The van der Waals surface area contributed by atoms with Gasteiger partial charge in [-0.25, -0.2) is 4.68 Å². The van der Waals surface area contributed by atoms with Gasteiger partial charge < -0.3 is 15.2 Å². The van der Waals surface area contributed by atoms with E-state index < -0.39 is 17.9 Å². The van der Waals surface area contributed by atoms with E-state index >= 15 is 0 Å². The van der Waals surface area contributed by atoms with E-state index in [-0.39, 0.29) is 0 Å². The quantitative estimate of drug-likeness (QED) is 0.845. The second-order valence-electron chi connectivity index (χ2n) is 5.00. The summed E-state index contributed by atoms with van der Waals surface area (Å²) in [6, 6.07) is 6.33. The fourth-order valence-corrected chi connectivity index (χ4v) is 2.19. The Morgan fingerprint density at radius 1 is 1.35 bits per heavy atom. The number of nitrogens with zero attached hydrogens (tertiary/aromatic N) is 2. The second-order valence-corrected chi connectivity index (χ2v) is 5.00. The molecular weight excluding hydrogens is 298 g/mol. The summed E-state index contributed by atoms with van der Waals surface area (Å²) in [6.07, 6.45) is 2.03. The molecule has 0 aliphatic carbocycles. The van der Waals surface area contributed by atoms with Crippen molar-refractivity contribution in [2.24, 2.45) is 0 Å². The standard InChI is InChI=1S/C16H19N3O4/c1-4-14-13(15(20)18-10(2)16(21)22)9-17-19(14)11-5-7-12(23-3)8-6-11/h5-10H,4H2,1-3H3,(H,18,20)(H,21,22)/t10-/m0/s1. The minimum Gasteiger partial charge on any atom is -0.497 e. The summed E-state index contributed by atoms with van der Waals surface area (Å²) >= 11 is 0. The van der Waals surface area contributed by atoms with Crippen molar-refractivity contribution in [3.63, 3.8) is 0 Å². The van der Waals surface area contributed by atoms with Gasteiger partial charge in [0.25, 0.3) is 5.91 Å². The molecule has 0 aliphatic rings. The Morgan fingerprint density at radius 3 is 2.52 bits per heavy atom. The number of methoxy groups -OCH3 is 1. The number of hydrogen-bond donors (Lipinski definition) is 2. The highest BCUT2D eigenvalue weighted by Gasteiger charge is 2.21. The smallest absolute Gasteiger partial charge is 0.325 e. The molecule has 0 saturated carbocycles. The molecule has 122 valence electrons. The van der Waals surface area contributed by atoms with Crippen LogP contribution in [0, 0.1) is 0 Å². The fourth-order valence-electron chi connectivity index (χ4n) is 2.19. The number of benzene rings is 1. The van der Waals surface area contributed by atoms with Crippen molar-refractivity contribution in [1.82, 2.24) is 15.1 Å². The lowest BCUT2D eigenvalue weighted by Gasteiger charge is -2.11. The van der Waals surface area contributed by atoms with Crippen LogP contribution in [0.15, 0.2) is 30.5 Å². The minimum absolute atomic E-state index is 0.372. The molecule has 23 heavy (non-hydrogen) atoms. The summed E-state index contributed by atoms with van der Waals surface area (Å²) in [6.45, 7) is 3.33. The van der Waals surface area contributed by atoms with Gasteiger partial charge in [-0.1, -0.05) is 6.92 Å². The van der Waals surface area contributed by atoms with Crippen LogP contribution in [0.25, 0.3) is 5.69 Å². The Hall–Kier alpha value is -2.83. The van der Waals surface area contributed by atoms with Crippen molar-refractivity contribution in [1.29, 1.82) is 0 Å². The number of rotatable bonds is 6. The van der Waals surface area contributed by atoms with Gasteiger partial charge >= 0.3 is 5.97 Å². The molecule has 2 aromatic rings. The molecule has 0 fully saturated rings. The zero-order valence-electron chi connectivity index (χ0n) is 13.2. The number of aliphatic carboxylic acids is 1. The number of aromatic nitrogens is 2. The van der Waals surface area contributed by atoms with Gasteiger partial charge in [-0.15, -0.1) is 0 Å². The number of carbonyl (C=O) groups is 2. The van der Waals surface area contributed by atoms with Gasteiger partial charge in [0.15, 0.2) is 0 Å². The summed E-state index contributed by atoms with van der Waals surface area (Å²) in [5.41, 5.74) is 1.88. The van der Waals surface area contributed by atoms with E-state index in [1.807, 2.05) is 31.2 Å². The van der Waals surface area contributed by atoms with Gasteiger partial charge in [-0.2, -0.15) is 5.10 Å². The van der Waals surface area contributed by atoms with Crippen LogP contribution in [0.4, 0.5) is 0 Å². The first kappa shape index (κ1) is 16.5. The average molecular weight is 317 g/mol. The van der Waals surface area contributed by atoms with Crippen LogP contribution in [0.1, 0.15) is 29.9 Å². The number of ether oxygens (including phenoxy) is 1. The van der Waals surface area contributed by atoms with Crippen LogP contribution < -0.4 is 10.1 Å². The van der Waals surface area contributed by atoms with E-state index in [1.165, 1.54) is 13.1 Å². The molecule has 0 radical (unpaired) electrons. The second kappa shape index (κ2) is 6.95. The van der Waals surface area contributed by atoms with Crippen LogP contribution in [0.5, 0.6) is 5.75 Å². The lowest BCUT2D eigenvalue weighted by atomic mass is 10.1. The van der Waals surface area contributed by atoms with Gasteiger partial charge in [0, 0.05) is 0 Å². The predicted molar refractivity (Wildman–Crippen MR) is 84.1 cm³/mol. The van der Waals surface area contributed by atoms with Crippen LogP contribution in [-0.4, -0.2) is 39.9 Å². The summed E-state index contributed by atoms with van der Waals surface area (Å²) in [5, 5.41) is 15.6. The van der Waals surface area contributed by atoms with Crippen molar-refractivity contribution in [3.05, 3.63) is 41.7 Å². The Bertz CT molecular complexity index is 707. The number of hydrogen-bond acceptors (Lipinski definition) is 4. The van der Waals surface area contributed by atoms with E-state index in [1.54, 1.807) is 11.8 Å². The van der Waals surface area contributed by atoms with Crippen LogP contribution >= 0.6 is 0 Å². The third kappa shape index (κ3) is 3.50. The lowest BCUT2D eigenvalue weighted by Crippen LogP contribution is -2.38. The molecule has 0 aliphatic heterocycles. The molecule has 1 heterocycles. The summed E-state index contributed by atoms with van der Waals surface area (Å²) < 4.78 is 6.79. The Balaban J connectivity index is 2.31. The van der Waals surface area contributed by atoms with Crippen molar-refractivity contribution in [2.45, 2.75) is 26.3 Å². The highest BCUT2D eigenvalue weighted by Crippen LogP contribution is 2.19. The van der Waals surface area contributed by atoms with Gasteiger partial charge in [0.2, 0.25) is 0 Å². The fraction of sp³-hybridized carbons (Fsp3) is 0.312. The molecule has 0 spiro atoms. The molecule has 1 aromatic carbocycles. The van der Waals surface area contributed by atoms with E-state index in [4.69, 9.17) is 9.84 Å². The normalized spacial score (nSPS) is 11.8. The van der Waals surface area contributed by atoms with Gasteiger partial charge in [-0.05, 0) is 37.6 Å². The molecular formula is C16H19N3O4. The lowest BCUT2D eigenvalue weighted by molar-refractivity contribution is -0.138. The number of carboxylic acids is 1. The minimum atomic E-state index is -1.08. The van der Waals surface area contributed by atoms with E-state index in [0.717, 1.165) is 11.4 Å². The van der Waals surface area contributed by atoms with Crippen LogP contribution in [0.3, 0.4) is 0 Å². The van der Waals surface area contributed by atoms with Crippen LogP contribution in [-0.2, 0) is 11.2 Å². The maximum Gasteiger partial charge on any atom is 0.325 e.